The van der Waals surface area contributed by atoms with Crippen LogP contribution in [0.5, 0.6) is 0 Å². The number of thioether (sulfide) groups is 1. The lowest BCUT2D eigenvalue weighted by Gasteiger charge is -2.41. The van der Waals surface area contributed by atoms with Crippen LogP contribution in [0.4, 0.5) is 13.6 Å². The van der Waals surface area contributed by atoms with E-state index in [9.17, 15) is 38.3 Å². The zero-order chi connectivity index (χ0) is 42.6. The third kappa shape index (κ3) is 13.0. The first-order valence-electron chi connectivity index (χ1n) is 18.4. The van der Waals surface area contributed by atoms with Crippen LogP contribution in [-0.4, -0.2) is 111 Å². The highest BCUT2D eigenvalue weighted by Gasteiger charge is 2.38. The number of halogens is 2. The zero-order valence-corrected chi connectivity index (χ0v) is 33.2. The molecule has 0 aliphatic carbocycles. The van der Waals surface area contributed by atoms with Crippen molar-refractivity contribution in [3.63, 3.8) is 0 Å². The van der Waals surface area contributed by atoms with Crippen molar-refractivity contribution in [2.24, 2.45) is 11.1 Å². The summed E-state index contributed by atoms with van der Waals surface area (Å²) in [5.41, 5.74) is 7.49. The van der Waals surface area contributed by atoms with Crippen molar-refractivity contribution in [1.29, 1.82) is 0 Å². The summed E-state index contributed by atoms with van der Waals surface area (Å²) in [7, 11) is 0. The molecule has 4 rings (SSSR count). The number of aliphatic hydroxyl groups is 1. The van der Waals surface area contributed by atoms with Gasteiger partial charge in [-0.15, -0.1) is 11.8 Å². The zero-order valence-electron chi connectivity index (χ0n) is 32.3. The number of nitrogens with two attached hydrogens (primary N) is 1. The predicted octanol–water partition coefficient (Wildman–Crippen LogP) is 2.10. The van der Waals surface area contributed by atoms with Gasteiger partial charge in [-0.05, 0) is 41.7 Å². The summed E-state index contributed by atoms with van der Waals surface area (Å²) in [5, 5.41) is 27.9. The predicted molar refractivity (Wildman–Crippen MR) is 210 cm³/mol. The number of aliphatic hydroxyl groups excluding tert-OH is 1. The topological polar surface area (TPSA) is 234 Å². The van der Waals surface area contributed by atoms with E-state index in [0.29, 0.717) is 17.8 Å². The fourth-order valence-electron chi connectivity index (χ4n) is 6.42. The van der Waals surface area contributed by atoms with Crippen molar-refractivity contribution in [3.05, 3.63) is 83.7 Å². The van der Waals surface area contributed by atoms with Crippen molar-refractivity contribution in [2.75, 3.05) is 38.5 Å². The Labute approximate surface area is 338 Å². The molecule has 4 atom stereocenters. The van der Waals surface area contributed by atoms with E-state index in [2.05, 4.69) is 26.0 Å². The van der Waals surface area contributed by atoms with Gasteiger partial charge < -0.3 is 51.4 Å². The molecule has 5 amide bonds. The number of carbonyl (C=O) groups is 6. The van der Waals surface area contributed by atoms with Crippen molar-refractivity contribution >= 4 is 47.5 Å². The Hall–Kier alpha value is -5.53. The maximum atomic E-state index is 15.0. The first kappa shape index (κ1) is 45.2. The third-order valence-electron chi connectivity index (χ3n) is 9.10. The normalized spacial score (nSPS) is 16.4. The van der Waals surface area contributed by atoms with Crippen molar-refractivity contribution in [3.8, 4) is 11.1 Å². The molecule has 16 nitrogen and oxygen atoms in total. The average Bonchev–Trinajstić information content (AvgIpc) is 3.57. The molecule has 0 radical (unpaired) electrons. The van der Waals surface area contributed by atoms with Crippen LogP contribution in [-0.2, 0) is 35.3 Å². The number of rotatable bonds is 18. The van der Waals surface area contributed by atoms with Gasteiger partial charge in [0.2, 0.25) is 29.5 Å². The number of carbonyl (C=O) groups excluding carboxylic acids is 5. The molecule has 1 aliphatic heterocycles. The van der Waals surface area contributed by atoms with E-state index in [1.165, 1.54) is 4.90 Å². The molecule has 2 aromatic carbocycles. The molecule has 0 saturated carbocycles. The Morgan fingerprint density at radius 3 is 2.40 bits per heavy atom. The lowest BCUT2D eigenvalue weighted by Crippen LogP contribution is -2.50. The number of nitrogens with zero attached hydrogens (tertiary/aromatic N) is 2. The van der Waals surface area contributed by atoms with E-state index >= 15 is 4.39 Å². The van der Waals surface area contributed by atoms with Crippen LogP contribution in [0.2, 0.25) is 0 Å². The first-order valence-corrected chi connectivity index (χ1v) is 19.5. The fraction of sp³-hybridized carbons (Fsp3) is 0.436. The van der Waals surface area contributed by atoms with Crippen LogP contribution in [0, 0.1) is 17.0 Å². The van der Waals surface area contributed by atoms with Gasteiger partial charge in [0.1, 0.15) is 18.2 Å². The summed E-state index contributed by atoms with van der Waals surface area (Å²) in [6, 6.07) is 12.5. The second-order valence-corrected chi connectivity index (χ2v) is 15.9. The van der Waals surface area contributed by atoms with Gasteiger partial charge in [0, 0.05) is 55.6 Å². The largest absolute Gasteiger partial charge is 0.507 e. The monoisotopic (exact) mass is 829 g/mol. The van der Waals surface area contributed by atoms with Crippen LogP contribution in [0.25, 0.3) is 11.1 Å². The first-order chi connectivity index (χ1) is 27.5. The molecule has 2 heterocycles. The van der Waals surface area contributed by atoms with Gasteiger partial charge >= 0.3 is 6.16 Å². The highest BCUT2D eigenvalue weighted by molar-refractivity contribution is 8.00. The Bertz CT molecular complexity index is 1940. The number of nitrogens with one attached hydrogen (secondary N) is 4. The second kappa shape index (κ2) is 20.8. The summed E-state index contributed by atoms with van der Waals surface area (Å²) in [6.07, 6.45) is -1.13. The number of hydrogen-bond acceptors (Lipinski definition) is 10. The van der Waals surface area contributed by atoms with Gasteiger partial charge in [-0.25, -0.2) is 13.6 Å². The van der Waals surface area contributed by atoms with Gasteiger partial charge in [0.05, 0.1) is 29.6 Å². The van der Waals surface area contributed by atoms with Gasteiger partial charge in [-0.2, -0.15) is 0 Å². The average molecular weight is 830 g/mol. The Balaban J connectivity index is 1.34. The standard InChI is InChI=1S/C39H49F2N7O9S/c1-39(2,3)35(29-15-24(26-16-25(40)9-10-27(26)41)20-47(29)19-23-7-5-4-6-8-23)48(34(52)21-49)14-11-28(42)36(53)44-13-12-43-32(51)18-45-31(50)17-30-37(54)46-33(22-58-30)57-38(55)56/h4-10,15-16,20,28,30,33,35,49H,11-14,17-19,21-22,42H2,1-3H3,(H,43,51)(H,44,53)(H,45,50)(H,46,54)(H,55,56)/t28-,30?,33+,35-/m0/s1. The summed E-state index contributed by atoms with van der Waals surface area (Å²) in [4.78, 5) is 75.2. The molecule has 0 bridgehead atoms. The van der Waals surface area contributed by atoms with Gasteiger partial charge in [0.25, 0.3) is 0 Å². The maximum absolute atomic E-state index is 15.0. The molecule has 1 aliphatic rings. The molecule has 1 fully saturated rings. The number of aromatic nitrogens is 1. The Morgan fingerprint density at radius 1 is 1.03 bits per heavy atom. The van der Waals surface area contributed by atoms with Crippen LogP contribution in [0.3, 0.4) is 0 Å². The summed E-state index contributed by atoms with van der Waals surface area (Å²) in [6.45, 7) is 4.72. The molecular weight excluding hydrogens is 781 g/mol. The third-order valence-corrected chi connectivity index (χ3v) is 10.4. The van der Waals surface area contributed by atoms with E-state index in [4.69, 9.17) is 10.8 Å². The van der Waals surface area contributed by atoms with E-state index in [-0.39, 0.29) is 43.8 Å². The minimum absolute atomic E-state index is 0.00706. The number of carboxylic acid groups (broad SMARTS) is 1. The Morgan fingerprint density at radius 2 is 1.74 bits per heavy atom. The molecule has 1 unspecified atom stereocenters. The van der Waals surface area contributed by atoms with Crippen LogP contribution < -0.4 is 27.0 Å². The van der Waals surface area contributed by atoms with Gasteiger partial charge in [-0.1, -0.05) is 51.1 Å². The smallest absolute Gasteiger partial charge is 0.450 e. The molecule has 1 aromatic heterocycles. The van der Waals surface area contributed by atoms with Crippen LogP contribution >= 0.6 is 11.8 Å². The number of hydrogen-bond donors (Lipinski definition) is 7. The molecular formula is C39H49F2N7O9S. The molecule has 3 aromatic rings. The van der Waals surface area contributed by atoms with E-state index in [1.54, 1.807) is 12.3 Å². The Kier molecular flexibility index (Phi) is 16.2. The fourth-order valence-corrected chi connectivity index (χ4v) is 7.47. The lowest BCUT2D eigenvalue weighted by molar-refractivity contribution is -0.140. The van der Waals surface area contributed by atoms with Gasteiger partial charge in [-0.3, -0.25) is 24.0 Å². The van der Waals surface area contributed by atoms with Gasteiger partial charge in [0.15, 0.2) is 6.23 Å². The SMILES string of the molecule is CC(C)(C)[C@H](c1cc(-c2cc(F)ccc2F)cn1Cc1ccccc1)N(CC[C@H](N)C(=O)NCCNC(=O)CNC(=O)CC1SC[C@@H](OC(=O)O)NC1=O)C(=O)CO. The molecule has 19 heteroatoms. The maximum Gasteiger partial charge on any atom is 0.507 e. The van der Waals surface area contributed by atoms with Crippen LogP contribution in [0.15, 0.2) is 60.8 Å². The van der Waals surface area contributed by atoms with Crippen molar-refractivity contribution < 1.29 is 52.5 Å². The minimum Gasteiger partial charge on any atom is -0.450 e. The van der Waals surface area contributed by atoms with Crippen molar-refractivity contribution in [2.45, 2.75) is 63.7 Å². The number of benzene rings is 2. The van der Waals surface area contributed by atoms with E-state index in [1.807, 2.05) is 55.7 Å². The molecule has 314 valence electrons. The summed E-state index contributed by atoms with van der Waals surface area (Å²) < 4.78 is 35.7. The summed E-state index contributed by atoms with van der Waals surface area (Å²) in [5.74, 6) is -4.03. The lowest BCUT2D eigenvalue weighted by atomic mass is 9.82. The summed E-state index contributed by atoms with van der Waals surface area (Å²) >= 11 is 1.05. The second-order valence-electron chi connectivity index (χ2n) is 14.6. The molecule has 0 spiro atoms. The van der Waals surface area contributed by atoms with Crippen molar-refractivity contribution in [1.82, 2.24) is 30.7 Å². The molecule has 58 heavy (non-hydrogen) atoms. The van der Waals surface area contributed by atoms with Crippen LogP contribution in [0.1, 0.15) is 50.9 Å². The minimum atomic E-state index is -1.54. The van der Waals surface area contributed by atoms with E-state index < -0.39 is 89.5 Å². The molecule has 8 N–H and O–H groups in total. The molecule has 1 saturated heterocycles. The number of ether oxygens (including phenoxy) is 1. The number of amides is 5. The quantitative estimate of drug-likeness (QED) is 0.0725. The highest BCUT2D eigenvalue weighted by atomic mass is 32.2. The highest BCUT2D eigenvalue weighted by Crippen LogP contribution is 2.41. The van der Waals surface area contributed by atoms with E-state index in [0.717, 1.165) is 35.5 Å².